The minimum atomic E-state index is -3.25. The standard InChI is InChI=1S/C38H50N6O5S3/c1-52(48,49)43-19-17-28(18-20-43)44-23-31(25-9-8-10-26(21-25)37(39)50)30-16-15-27(22-33(30)44)40-35(46)14-5-3-2-4-11-29(45)12-6-7-13-34-36-32(24-51-34)41-38(47)42-36/h8-10,15-16,21-23,28,32,34,36H,2-7,11-14,17-20,24H2,1H3,(H2,39,50)(H,40,46)(H2,41,42,47)/t32-,34-,36-/m0/s1. The van der Waals surface area contributed by atoms with Crippen molar-refractivity contribution in [1.82, 2.24) is 19.5 Å². The molecule has 11 nitrogen and oxygen atoms in total. The van der Waals surface area contributed by atoms with E-state index in [4.69, 9.17) is 18.0 Å². The number of carbonyl (C=O) groups is 3. The summed E-state index contributed by atoms with van der Waals surface area (Å²) in [5.74, 6) is 1.23. The molecular weight excluding hydrogens is 717 g/mol. The van der Waals surface area contributed by atoms with Crippen molar-refractivity contribution in [3.63, 3.8) is 0 Å². The molecule has 280 valence electrons. The zero-order valence-electron chi connectivity index (χ0n) is 29.8. The molecule has 0 spiro atoms. The molecule has 0 aliphatic carbocycles. The first-order chi connectivity index (χ1) is 25.0. The second-order valence-corrected chi connectivity index (χ2v) is 18.1. The number of hydrogen-bond donors (Lipinski definition) is 4. The number of nitrogens with two attached hydrogens (primary N) is 1. The van der Waals surface area contributed by atoms with Gasteiger partial charge in [-0.3, -0.25) is 9.59 Å². The quantitative estimate of drug-likeness (QED) is 0.0729. The van der Waals surface area contributed by atoms with Gasteiger partial charge in [0.25, 0.3) is 0 Å². The summed E-state index contributed by atoms with van der Waals surface area (Å²) >= 11 is 7.15. The molecule has 5 N–H and O–H groups in total. The lowest BCUT2D eigenvalue weighted by Gasteiger charge is -2.31. The Morgan fingerprint density at radius 1 is 0.981 bits per heavy atom. The Morgan fingerprint density at radius 3 is 2.44 bits per heavy atom. The lowest BCUT2D eigenvalue weighted by molar-refractivity contribution is -0.119. The highest BCUT2D eigenvalue weighted by Crippen LogP contribution is 2.37. The third-order valence-electron chi connectivity index (χ3n) is 10.6. The molecule has 0 radical (unpaired) electrons. The topological polar surface area (TPSA) is 156 Å². The maximum atomic E-state index is 13.0. The van der Waals surface area contributed by atoms with Crippen LogP contribution in [0.3, 0.4) is 0 Å². The van der Waals surface area contributed by atoms with E-state index in [0.29, 0.717) is 61.2 Å². The normalized spacial score (nSPS) is 20.8. The number of sulfonamides is 1. The van der Waals surface area contributed by atoms with Crippen LogP contribution in [0.5, 0.6) is 0 Å². The molecule has 2 aromatic carbocycles. The highest BCUT2D eigenvalue weighted by Gasteiger charge is 2.42. The molecule has 3 saturated heterocycles. The van der Waals surface area contributed by atoms with Crippen LogP contribution >= 0.6 is 24.0 Å². The van der Waals surface area contributed by atoms with E-state index in [2.05, 4.69) is 26.7 Å². The number of thioether (sulfide) groups is 1. The van der Waals surface area contributed by atoms with E-state index < -0.39 is 10.0 Å². The minimum Gasteiger partial charge on any atom is -0.389 e. The number of anilines is 1. The number of aromatic nitrogens is 1. The van der Waals surface area contributed by atoms with Gasteiger partial charge in [0.1, 0.15) is 10.8 Å². The molecule has 52 heavy (non-hydrogen) atoms. The van der Waals surface area contributed by atoms with E-state index in [1.807, 2.05) is 54.2 Å². The third kappa shape index (κ3) is 9.55. The summed E-state index contributed by atoms with van der Waals surface area (Å²) in [4.78, 5) is 37.3. The first-order valence-corrected chi connectivity index (χ1v) is 21.8. The summed E-state index contributed by atoms with van der Waals surface area (Å²) in [5, 5.41) is 10.5. The maximum Gasteiger partial charge on any atom is 0.315 e. The monoisotopic (exact) mass is 766 g/mol. The Bertz CT molecular complexity index is 1910. The molecule has 1 aromatic heterocycles. The number of ketones is 1. The smallest absolute Gasteiger partial charge is 0.315 e. The molecule has 0 saturated carbocycles. The number of Topliss-reactive ketones (excluding diaryl/α,β-unsaturated/α-hetero) is 1. The molecule has 0 unspecified atom stereocenters. The Morgan fingerprint density at radius 2 is 1.71 bits per heavy atom. The van der Waals surface area contributed by atoms with Crippen LogP contribution in [0.1, 0.15) is 88.7 Å². The lowest BCUT2D eigenvalue weighted by atomic mass is 10.0. The van der Waals surface area contributed by atoms with Gasteiger partial charge < -0.3 is 26.3 Å². The number of nitrogens with one attached hydrogen (secondary N) is 3. The average molecular weight is 767 g/mol. The van der Waals surface area contributed by atoms with Crippen LogP contribution in [-0.4, -0.2) is 82.4 Å². The highest BCUT2D eigenvalue weighted by atomic mass is 32.2. The van der Waals surface area contributed by atoms with E-state index in [9.17, 15) is 22.8 Å². The Kier molecular flexibility index (Phi) is 12.6. The molecule has 4 heterocycles. The van der Waals surface area contributed by atoms with Gasteiger partial charge >= 0.3 is 6.03 Å². The first kappa shape index (κ1) is 38.3. The van der Waals surface area contributed by atoms with Gasteiger partial charge in [0, 0.05) is 77.8 Å². The van der Waals surface area contributed by atoms with Crippen LogP contribution in [0.2, 0.25) is 0 Å². The molecule has 3 atom stereocenters. The number of urea groups is 1. The van der Waals surface area contributed by atoms with Crippen molar-refractivity contribution in [2.24, 2.45) is 5.73 Å². The summed E-state index contributed by atoms with van der Waals surface area (Å²) < 4.78 is 28.1. The summed E-state index contributed by atoms with van der Waals surface area (Å²) in [6.07, 6.45) is 12.7. The molecule has 0 bridgehead atoms. The molecule has 3 aromatic rings. The van der Waals surface area contributed by atoms with Crippen LogP contribution in [0.15, 0.2) is 48.7 Å². The summed E-state index contributed by atoms with van der Waals surface area (Å²) in [7, 11) is -3.25. The van der Waals surface area contributed by atoms with Gasteiger partial charge in [-0.2, -0.15) is 11.8 Å². The number of fused-ring (bicyclic) bond motifs is 2. The number of piperidine rings is 1. The van der Waals surface area contributed by atoms with Gasteiger partial charge in [0.15, 0.2) is 0 Å². The predicted molar refractivity (Wildman–Crippen MR) is 213 cm³/mol. The van der Waals surface area contributed by atoms with Gasteiger partial charge in [-0.25, -0.2) is 17.5 Å². The molecule has 3 aliphatic rings. The number of unbranched alkanes of at least 4 members (excludes halogenated alkanes) is 4. The number of rotatable bonds is 17. The van der Waals surface area contributed by atoms with Crippen molar-refractivity contribution < 1.29 is 22.8 Å². The molecule has 3 aliphatic heterocycles. The average Bonchev–Trinajstić information content (AvgIpc) is 3.80. The van der Waals surface area contributed by atoms with Gasteiger partial charge in [0.2, 0.25) is 15.9 Å². The van der Waals surface area contributed by atoms with Crippen LogP contribution in [0, 0.1) is 0 Å². The fourth-order valence-corrected chi connectivity index (χ4v) is 10.3. The molecule has 6 rings (SSSR count). The van der Waals surface area contributed by atoms with Crippen LogP contribution in [-0.2, 0) is 19.6 Å². The van der Waals surface area contributed by atoms with Crippen molar-refractivity contribution in [2.75, 3.05) is 30.4 Å². The van der Waals surface area contributed by atoms with Crippen molar-refractivity contribution >= 4 is 73.3 Å². The second kappa shape index (κ2) is 17.1. The lowest BCUT2D eigenvalue weighted by Crippen LogP contribution is -2.38. The van der Waals surface area contributed by atoms with Crippen LogP contribution in [0.4, 0.5) is 10.5 Å². The highest BCUT2D eigenvalue weighted by molar-refractivity contribution is 8.00. The molecule has 3 amide bonds. The zero-order valence-corrected chi connectivity index (χ0v) is 32.2. The van der Waals surface area contributed by atoms with Crippen molar-refractivity contribution in [2.45, 2.75) is 100 Å². The Balaban J connectivity index is 0.971. The fraction of sp³-hybridized carbons (Fsp3) is 0.526. The van der Waals surface area contributed by atoms with Crippen molar-refractivity contribution in [1.29, 1.82) is 0 Å². The fourth-order valence-electron chi connectivity index (χ4n) is 7.77. The van der Waals surface area contributed by atoms with E-state index in [-0.39, 0.29) is 30.1 Å². The number of carbonyl (C=O) groups excluding carboxylic acids is 3. The largest absolute Gasteiger partial charge is 0.389 e. The van der Waals surface area contributed by atoms with E-state index in [0.717, 1.165) is 84.0 Å². The molecular formula is C38H50N6O5S3. The van der Waals surface area contributed by atoms with E-state index >= 15 is 0 Å². The van der Waals surface area contributed by atoms with Gasteiger partial charge in [-0.15, -0.1) is 0 Å². The number of amides is 3. The summed E-state index contributed by atoms with van der Waals surface area (Å²) in [5.41, 5.74) is 10.4. The summed E-state index contributed by atoms with van der Waals surface area (Å²) in [6, 6.07) is 14.3. The number of benzene rings is 2. The molecule has 3 fully saturated rings. The Labute approximate surface area is 316 Å². The number of nitrogens with zero attached hydrogens (tertiary/aromatic N) is 2. The minimum absolute atomic E-state index is 0.0425. The van der Waals surface area contributed by atoms with Gasteiger partial charge in [-0.1, -0.05) is 55.7 Å². The summed E-state index contributed by atoms with van der Waals surface area (Å²) in [6.45, 7) is 0.920. The van der Waals surface area contributed by atoms with Crippen LogP contribution in [0.25, 0.3) is 22.0 Å². The second-order valence-electron chi connectivity index (χ2n) is 14.4. The van der Waals surface area contributed by atoms with Gasteiger partial charge in [-0.05, 0) is 62.3 Å². The van der Waals surface area contributed by atoms with E-state index in [1.165, 1.54) is 10.6 Å². The zero-order chi connectivity index (χ0) is 36.8. The SMILES string of the molecule is CS(=O)(=O)N1CCC(n2cc(-c3cccc(C(N)=S)c3)c3ccc(NC(=O)CCCCCCC(=O)CCCC[C@@H]4SC[C@@H]5NC(=O)N[C@@H]54)cc32)CC1. The molecule has 14 heteroatoms. The van der Waals surface area contributed by atoms with Crippen LogP contribution < -0.4 is 21.7 Å². The first-order valence-electron chi connectivity index (χ1n) is 18.5. The predicted octanol–water partition coefficient (Wildman–Crippen LogP) is 6.11. The van der Waals surface area contributed by atoms with Gasteiger partial charge in [0.05, 0.1) is 23.9 Å². The maximum absolute atomic E-state index is 13.0. The third-order valence-corrected chi connectivity index (χ3v) is 13.7. The Hall–Kier alpha value is -3.46. The van der Waals surface area contributed by atoms with E-state index in [1.54, 1.807) is 0 Å². The van der Waals surface area contributed by atoms with Crippen molar-refractivity contribution in [3.05, 3.63) is 54.2 Å². The number of thiocarbonyl (C=S) groups is 1. The van der Waals surface area contributed by atoms with Crippen molar-refractivity contribution in [3.8, 4) is 11.1 Å². The number of hydrogen-bond acceptors (Lipinski definition) is 7.